The van der Waals surface area contributed by atoms with E-state index in [-0.39, 0.29) is 5.97 Å². The molecule has 0 aromatic carbocycles. The highest BCUT2D eigenvalue weighted by molar-refractivity contribution is 7.10. The van der Waals surface area contributed by atoms with E-state index in [2.05, 4.69) is 17.5 Å². The van der Waals surface area contributed by atoms with Gasteiger partial charge in [-0.1, -0.05) is 25.3 Å². The van der Waals surface area contributed by atoms with E-state index in [4.69, 9.17) is 4.74 Å². The summed E-state index contributed by atoms with van der Waals surface area (Å²) in [5.74, 6) is 0.985. The maximum absolute atomic E-state index is 11.5. The van der Waals surface area contributed by atoms with Crippen LogP contribution in [0.3, 0.4) is 0 Å². The summed E-state index contributed by atoms with van der Waals surface area (Å²) in [5, 5.41) is 2.13. The van der Waals surface area contributed by atoms with Crippen molar-refractivity contribution in [2.75, 3.05) is 7.11 Å². The highest BCUT2D eigenvalue weighted by Gasteiger charge is 2.27. The molecule has 2 atom stereocenters. The van der Waals surface area contributed by atoms with Gasteiger partial charge in [-0.05, 0) is 36.1 Å². The first kappa shape index (κ1) is 12.6. The van der Waals surface area contributed by atoms with E-state index < -0.39 is 0 Å². The van der Waals surface area contributed by atoms with Crippen molar-refractivity contribution in [1.82, 2.24) is 0 Å². The van der Waals surface area contributed by atoms with Crippen molar-refractivity contribution in [2.24, 2.45) is 5.92 Å². The zero-order valence-electron chi connectivity index (χ0n) is 10.4. The van der Waals surface area contributed by atoms with Gasteiger partial charge in [-0.15, -0.1) is 11.3 Å². The van der Waals surface area contributed by atoms with Gasteiger partial charge in [0, 0.05) is 11.3 Å². The summed E-state index contributed by atoms with van der Waals surface area (Å²) >= 11 is 1.83. The summed E-state index contributed by atoms with van der Waals surface area (Å²) in [5.41, 5.74) is 0. The van der Waals surface area contributed by atoms with Crippen LogP contribution < -0.4 is 0 Å². The van der Waals surface area contributed by atoms with Crippen LogP contribution in [0.2, 0.25) is 0 Å². The molecule has 0 N–H and O–H groups in total. The quantitative estimate of drug-likeness (QED) is 0.601. The Bertz CT molecular complexity index is 345. The summed E-state index contributed by atoms with van der Waals surface area (Å²) in [6.45, 7) is 0. The number of thiophene rings is 1. The van der Waals surface area contributed by atoms with Gasteiger partial charge in [0.1, 0.15) is 0 Å². The van der Waals surface area contributed by atoms with Crippen molar-refractivity contribution in [3.63, 3.8) is 0 Å². The van der Waals surface area contributed by atoms with Crippen molar-refractivity contribution in [1.29, 1.82) is 0 Å². The summed E-state index contributed by atoms with van der Waals surface area (Å²) in [7, 11) is 1.49. The standard InChI is InChI=1S/C14H20O2S/c1-16-14(15)10-11-6-3-2-4-7-12(11)13-8-5-9-17-13/h5,8-9,11-12H,2-4,6-7,10H2,1H3. The third kappa shape index (κ3) is 3.32. The summed E-state index contributed by atoms with van der Waals surface area (Å²) in [6.07, 6.45) is 6.82. The van der Waals surface area contributed by atoms with Gasteiger partial charge in [-0.25, -0.2) is 0 Å². The molecule has 1 fully saturated rings. The second kappa shape index (κ2) is 6.20. The summed E-state index contributed by atoms with van der Waals surface area (Å²) in [4.78, 5) is 12.9. The zero-order valence-corrected chi connectivity index (χ0v) is 11.2. The van der Waals surface area contributed by atoms with E-state index in [1.54, 1.807) is 0 Å². The number of carbonyl (C=O) groups is 1. The molecule has 1 aliphatic carbocycles. The van der Waals surface area contributed by atoms with Crippen molar-refractivity contribution < 1.29 is 9.53 Å². The van der Waals surface area contributed by atoms with E-state index >= 15 is 0 Å². The first-order valence-corrected chi connectivity index (χ1v) is 7.29. The van der Waals surface area contributed by atoms with Gasteiger partial charge < -0.3 is 4.74 Å². The van der Waals surface area contributed by atoms with Crippen LogP contribution in [-0.4, -0.2) is 13.1 Å². The van der Waals surface area contributed by atoms with E-state index in [9.17, 15) is 4.79 Å². The molecule has 1 saturated carbocycles. The van der Waals surface area contributed by atoms with Gasteiger partial charge in [0.15, 0.2) is 0 Å². The Morgan fingerprint density at radius 1 is 1.41 bits per heavy atom. The minimum Gasteiger partial charge on any atom is -0.469 e. The van der Waals surface area contributed by atoms with E-state index in [1.165, 1.54) is 37.7 Å². The molecule has 2 unspecified atom stereocenters. The molecule has 94 valence electrons. The molecule has 0 radical (unpaired) electrons. The third-order valence-electron chi connectivity index (χ3n) is 3.72. The molecule has 1 aliphatic rings. The van der Waals surface area contributed by atoms with Crippen LogP contribution in [0.5, 0.6) is 0 Å². The van der Waals surface area contributed by atoms with Crippen LogP contribution in [0.4, 0.5) is 0 Å². The predicted octanol–water partition coefficient (Wildman–Crippen LogP) is 3.98. The minimum absolute atomic E-state index is 0.0570. The average molecular weight is 252 g/mol. The van der Waals surface area contributed by atoms with Crippen molar-refractivity contribution in [3.05, 3.63) is 22.4 Å². The van der Waals surface area contributed by atoms with Gasteiger partial charge >= 0.3 is 5.97 Å². The molecule has 0 spiro atoms. The largest absolute Gasteiger partial charge is 0.469 e. The Hall–Kier alpha value is -0.830. The molecular formula is C14H20O2S. The lowest BCUT2D eigenvalue weighted by molar-refractivity contribution is -0.142. The van der Waals surface area contributed by atoms with E-state index in [0.717, 1.165) is 6.42 Å². The highest BCUT2D eigenvalue weighted by atomic mass is 32.1. The zero-order chi connectivity index (χ0) is 12.1. The van der Waals surface area contributed by atoms with Crippen LogP contribution >= 0.6 is 11.3 Å². The molecule has 17 heavy (non-hydrogen) atoms. The van der Waals surface area contributed by atoms with Crippen molar-refractivity contribution >= 4 is 17.3 Å². The smallest absolute Gasteiger partial charge is 0.305 e. The van der Waals surface area contributed by atoms with Gasteiger partial charge in [0.25, 0.3) is 0 Å². The first-order chi connectivity index (χ1) is 8.31. The Balaban J connectivity index is 2.10. The lowest BCUT2D eigenvalue weighted by Crippen LogP contribution is -2.16. The average Bonchev–Trinajstić information content (AvgIpc) is 2.77. The SMILES string of the molecule is COC(=O)CC1CCCCCC1c1cccs1. The molecular weight excluding hydrogens is 232 g/mol. The van der Waals surface area contributed by atoms with Crippen LogP contribution in [-0.2, 0) is 9.53 Å². The van der Waals surface area contributed by atoms with Crippen LogP contribution in [0.15, 0.2) is 17.5 Å². The highest BCUT2D eigenvalue weighted by Crippen LogP contribution is 2.40. The fourth-order valence-corrected chi connectivity index (χ4v) is 3.76. The number of rotatable bonds is 3. The normalized spacial score (nSPS) is 25.2. The molecule has 0 aliphatic heterocycles. The second-order valence-corrected chi connectivity index (χ2v) is 5.78. The van der Waals surface area contributed by atoms with Gasteiger partial charge in [-0.2, -0.15) is 0 Å². The number of carbonyl (C=O) groups excluding carboxylic acids is 1. The Kier molecular flexibility index (Phi) is 4.60. The van der Waals surface area contributed by atoms with E-state index in [0.29, 0.717) is 18.3 Å². The lowest BCUT2D eigenvalue weighted by atomic mass is 9.84. The summed E-state index contributed by atoms with van der Waals surface area (Å²) < 4.78 is 4.82. The molecule has 3 heteroatoms. The predicted molar refractivity (Wildman–Crippen MR) is 70.3 cm³/mol. The lowest BCUT2D eigenvalue weighted by Gasteiger charge is -2.23. The Morgan fingerprint density at radius 2 is 2.24 bits per heavy atom. The van der Waals surface area contributed by atoms with E-state index in [1.807, 2.05) is 11.3 Å². The number of methoxy groups -OCH3 is 1. The molecule has 1 aromatic rings. The van der Waals surface area contributed by atoms with Crippen LogP contribution in [0, 0.1) is 5.92 Å². The van der Waals surface area contributed by atoms with Crippen LogP contribution in [0.25, 0.3) is 0 Å². The Labute approximate surface area is 107 Å². The van der Waals surface area contributed by atoms with Gasteiger partial charge in [0.2, 0.25) is 0 Å². The first-order valence-electron chi connectivity index (χ1n) is 6.41. The van der Waals surface area contributed by atoms with Crippen molar-refractivity contribution in [3.8, 4) is 0 Å². The molecule has 1 aromatic heterocycles. The fourth-order valence-electron chi connectivity index (χ4n) is 2.80. The van der Waals surface area contributed by atoms with Crippen LogP contribution in [0.1, 0.15) is 49.3 Å². The maximum Gasteiger partial charge on any atom is 0.305 e. The molecule has 0 bridgehead atoms. The molecule has 0 saturated heterocycles. The number of esters is 1. The fraction of sp³-hybridized carbons (Fsp3) is 0.643. The Morgan fingerprint density at radius 3 is 2.94 bits per heavy atom. The second-order valence-electron chi connectivity index (χ2n) is 4.80. The molecule has 2 nitrogen and oxygen atoms in total. The minimum atomic E-state index is -0.0570. The number of hydrogen-bond donors (Lipinski definition) is 0. The summed E-state index contributed by atoms with van der Waals surface area (Å²) in [6, 6.07) is 4.32. The monoisotopic (exact) mass is 252 g/mol. The van der Waals surface area contributed by atoms with Crippen molar-refractivity contribution in [2.45, 2.75) is 44.4 Å². The molecule has 0 amide bonds. The number of hydrogen-bond acceptors (Lipinski definition) is 3. The van der Waals surface area contributed by atoms with Gasteiger partial charge in [-0.3, -0.25) is 4.79 Å². The topological polar surface area (TPSA) is 26.3 Å². The third-order valence-corrected chi connectivity index (χ3v) is 4.73. The number of ether oxygens (including phenoxy) is 1. The van der Waals surface area contributed by atoms with Gasteiger partial charge in [0.05, 0.1) is 7.11 Å². The molecule has 1 heterocycles. The maximum atomic E-state index is 11.5. The molecule has 2 rings (SSSR count).